The van der Waals surface area contributed by atoms with Crippen molar-refractivity contribution in [2.75, 3.05) is 6.61 Å². The van der Waals surface area contributed by atoms with E-state index >= 15 is 0 Å². The summed E-state index contributed by atoms with van der Waals surface area (Å²) in [6.45, 7) is 3.93. The number of imide groups is 1. The van der Waals surface area contributed by atoms with Gasteiger partial charge in [0.1, 0.15) is 17.4 Å². The molecule has 3 aliphatic heterocycles. The molecule has 2 aromatic carbocycles. The Labute approximate surface area is 173 Å². The van der Waals surface area contributed by atoms with Gasteiger partial charge in [0.15, 0.2) is 0 Å². The molecule has 2 bridgehead atoms. The second-order valence-corrected chi connectivity index (χ2v) is 7.88. The molecule has 1 aliphatic carbocycles. The zero-order chi connectivity index (χ0) is 21.0. The molecule has 4 unspecified atom stereocenters. The van der Waals surface area contributed by atoms with Crippen LogP contribution >= 0.6 is 0 Å². The summed E-state index contributed by atoms with van der Waals surface area (Å²) in [7, 11) is 0. The van der Waals surface area contributed by atoms with Crippen molar-refractivity contribution in [2.24, 2.45) is 11.8 Å². The molecule has 6 heteroatoms. The molecule has 2 saturated heterocycles. The molecule has 0 saturated carbocycles. The predicted octanol–water partition coefficient (Wildman–Crippen LogP) is 3.03. The van der Waals surface area contributed by atoms with Gasteiger partial charge in [-0.25, -0.2) is 4.79 Å². The van der Waals surface area contributed by atoms with Gasteiger partial charge in [0.05, 0.1) is 24.4 Å². The second kappa shape index (κ2) is 6.83. The molecular weight excluding hydrogens is 382 g/mol. The number of allylic oxidation sites excluding steroid dienone is 1. The summed E-state index contributed by atoms with van der Waals surface area (Å²) in [6, 6.07) is 15.2. The first kappa shape index (κ1) is 18.6. The molecule has 4 aliphatic rings. The topological polar surface area (TPSA) is 81.7 Å². The van der Waals surface area contributed by atoms with Crippen LogP contribution in [0.3, 0.4) is 0 Å². The number of nitrogens with one attached hydrogen (secondary N) is 1. The molecule has 3 heterocycles. The standard InChI is InChI=1S/C24H21NO5/c1-3-29-24(28)16(13-10-8-12(2)9-11-13)21-17-14-6-4-5-7-15(14)20(30-21)19-18(17)22(26)25-23(19)27/h4-11,17-20H,3H2,1-2H3,(H,25,26,27)/b21-16-. The van der Waals surface area contributed by atoms with E-state index in [1.165, 1.54) is 0 Å². The van der Waals surface area contributed by atoms with Crippen molar-refractivity contribution in [3.8, 4) is 0 Å². The molecule has 4 atom stereocenters. The highest BCUT2D eigenvalue weighted by molar-refractivity contribution is 6.18. The average molecular weight is 403 g/mol. The van der Waals surface area contributed by atoms with Crippen LogP contribution in [0.15, 0.2) is 54.3 Å². The van der Waals surface area contributed by atoms with Gasteiger partial charge in [-0.3, -0.25) is 14.9 Å². The highest BCUT2D eigenvalue weighted by Crippen LogP contribution is 2.59. The number of amides is 2. The SMILES string of the molecule is CCOC(=O)/C(=C1\OC2c3ccccc3C1C1C(=O)NC(=O)C21)c1ccc(C)cc1. The summed E-state index contributed by atoms with van der Waals surface area (Å²) in [5.41, 5.74) is 3.85. The minimum atomic E-state index is -0.618. The normalized spacial score (nSPS) is 27.7. The highest BCUT2D eigenvalue weighted by Gasteiger charge is 2.61. The van der Waals surface area contributed by atoms with Crippen LogP contribution in [0.4, 0.5) is 0 Å². The Morgan fingerprint density at radius 1 is 1.00 bits per heavy atom. The van der Waals surface area contributed by atoms with Gasteiger partial charge in [0.2, 0.25) is 11.8 Å². The van der Waals surface area contributed by atoms with Gasteiger partial charge in [0, 0.05) is 0 Å². The number of hydrogen-bond donors (Lipinski definition) is 1. The lowest BCUT2D eigenvalue weighted by molar-refractivity contribution is -0.137. The fourth-order valence-electron chi connectivity index (χ4n) is 4.89. The Balaban J connectivity index is 1.76. The van der Waals surface area contributed by atoms with E-state index in [0.717, 1.165) is 16.7 Å². The fraction of sp³-hybridized carbons (Fsp3) is 0.292. The maximum absolute atomic E-state index is 13.0. The lowest BCUT2D eigenvalue weighted by atomic mass is 9.64. The molecule has 1 N–H and O–H groups in total. The van der Waals surface area contributed by atoms with Gasteiger partial charge in [-0.1, -0.05) is 54.1 Å². The maximum atomic E-state index is 13.0. The number of benzene rings is 2. The molecule has 6 rings (SSSR count). The summed E-state index contributed by atoms with van der Waals surface area (Å²) in [5, 5.41) is 2.46. The Kier molecular flexibility index (Phi) is 4.24. The van der Waals surface area contributed by atoms with Crippen LogP contribution in [0.2, 0.25) is 0 Å². The number of carbonyl (C=O) groups excluding carboxylic acids is 3. The molecule has 2 fully saturated rings. The van der Waals surface area contributed by atoms with Crippen molar-refractivity contribution >= 4 is 23.4 Å². The molecular formula is C24H21NO5. The van der Waals surface area contributed by atoms with Crippen molar-refractivity contribution in [3.63, 3.8) is 0 Å². The zero-order valence-electron chi connectivity index (χ0n) is 16.7. The highest BCUT2D eigenvalue weighted by atomic mass is 16.5. The summed E-state index contributed by atoms with van der Waals surface area (Å²) in [6.07, 6.45) is -0.618. The summed E-state index contributed by atoms with van der Waals surface area (Å²) < 4.78 is 11.7. The minimum absolute atomic E-state index is 0.219. The molecule has 0 aromatic heterocycles. The van der Waals surface area contributed by atoms with E-state index in [1.54, 1.807) is 6.92 Å². The number of aryl methyl sites for hydroxylation is 1. The Morgan fingerprint density at radius 2 is 1.67 bits per heavy atom. The van der Waals surface area contributed by atoms with E-state index in [2.05, 4.69) is 5.32 Å². The fourth-order valence-corrected chi connectivity index (χ4v) is 4.89. The molecule has 6 nitrogen and oxygen atoms in total. The number of esters is 1. The molecule has 30 heavy (non-hydrogen) atoms. The number of carbonyl (C=O) groups is 3. The first-order chi connectivity index (χ1) is 14.5. The smallest absolute Gasteiger partial charge is 0.342 e. The maximum Gasteiger partial charge on any atom is 0.342 e. The zero-order valence-corrected chi connectivity index (χ0v) is 16.7. The van der Waals surface area contributed by atoms with E-state index < -0.39 is 29.8 Å². The van der Waals surface area contributed by atoms with E-state index in [9.17, 15) is 14.4 Å². The Morgan fingerprint density at radius 3 is 2.37 bits per heavy atom. The van der Waals surface area contributed by atoms with Crippen molar-refractivity contribution in [1.82, 2.24) is 5.32 Å². The summed E-state index contributed by atoms with van der Waals surface area (Å²) in [4.78, 5) is 38.3. The van der Waals surface area contributed by atoms with Gasteiger partial charge in [-0.2, -0.15) is 0 Å². The first-order valence-corrected chi connectivity index (χ1v) is 10.1. The average Bonchev–Trinajstić information content (AvgIpc) is 3.05. The molecule has 0 spiro atoms. The number of fused-ring (bicyclic) bond motifs is 1. The number of ether oxygens (including phenoxy) is 2. The predicted molar refractivity (Wildman–Crippen MR) is 108 cm³/mol. The summed E-state index contributed by atoms with van der Waals surface area (Å²) in [5.74, 6) is -2.44. The third-order valence-electron chi connectivity index (χ3n) is 6.16. The van der Waals surface area contributed by atoms with Crippen LogP contribution in [0.1, 0.15) is 41.2 Å². The van der Waals surface area contributed by atoms with E-state index in [4.69, 9.17) is 9.47 Å². The van der Waals surface area contributed by atoms with E-state index in [-0.39, 0.29) is 18.4 Å². The van der Waals surface area contributed by atoms with Crippen molar-refractivity contribution < 1.29 is 23.9 Å². The third-order valence-corrected chi connectivity index (χ3v) is 6.16. The number of hydrogen-bond acceptors (Lipinski definition) is 5. The Hall–Kier alpha value is -3.41. The molecule has 2 amide bonds. The summed E-state index contributed by atoms with van der Waals surface area (Å²) >= 11 is 0. The Bertz CT molecular complexity index is 1100. The van der Waals surface area contributed by atoms with Crippen LogP contribution in [0.25, 0.3) is 5.57 Å². The molecule has 152 valence electrons. The first-order valence-electron chi connectivity index (χ1n) is 10.1. The second-order valence-electron chi connectivity index (χ2n) is 7.88. The number of rotatable bonds is 3. The largest absolute Gasteiger partial charge is 0.488 e. The van der Waals surface area contributed by atoms with Crippen LogP contribution in [0, 0.1) is 18.8 Å². The van der Waals surface area contributed by atoms with Crippen LogP contribution in [-0.2, 0) is 23.9 Å². The van der Waals surface area contributed by atoms with Gasteiger partial charge in [-0.05, 0) is 30.5 Å². The van der Waals surface area contributed by atoms with E-state index in [0.29, 0.717) is 16.9 Å². The van der Waals surface area contributed by atoms with Crippen LogP contribution in [0.5, 0.6) is 0 Å². The lowest BCUT2D eigenvalue weighted by Gasteiger charge is -2.46. The molecule has 0 radical (unpaired) electrons. The quantitative estimate of drug-likeness (QED) is 0.484. The van der Waals surface area contributed by atoms with Gasteiger partial charge in [0.25, 0.3) is 0 Å². The minimum Gasteiger partial charge on any atom is -0.488 e. The van der Waals surface area contributed by atoms with Crippen molar-refractivity contribution in [3.05, 3.63) is 76.5 Å². The monoisotopic (exact) mass is 403 g/mol. The van der Waals surface area contributed by atoms with Gasteiger partial charge >= 0.3 is 5.97 Å². The lowest BCUT2D eigenvalue weighted by Crippen LogP contribution is -2.43. The van der Waals surface area contributed by atoms with Gasteiger partial charge in [-0.15, -0.1) is 0 Å². The van der Waals surface area contributed by atoms with Crippen LogP contribution < -0.4 is 5.32 Å². The van der Waals surface area contributed by atoms with Crippen molar-refractivity contribution in [2.45, 2.75) is 25.9 Å². The van der Waals surface area contributed by atoms with Crippen molar-refractivity contribution in [1.29, 1.82) is 0 Å². The molecule has 2 aromatic rings. The van der Waals surface area contributed by atoms with E-state index in [1.807, 2.05) is 55.5 Å². The van der Waals surface area contributed by atoms with Gasteiger partial charge < -0.3 is 9.47 Å². The third kappa shape index (κ3) is 2.60. The van der Waals surface area contributed by atoms with Crippen LogP contribution in [-0.4, -0.2) is 24.4 Å².